The molecule has 4 atom stereocenters. The van der Waals surface area contributed by atoms with Crippen LogP contribution in [0.4, 0.5) is 0 Å². The Hall–Kier alpha value is -1.53. The third kappa shape index (κ3) is 4.24. The van der Waals surface area contributed by atoms with Crippen molar-refractivity contribution in [3.8, 4) is 0 Å². The molecular formula is C17H22O5. The molecule has 0 radical (unpaired) electrons. The number of ketones is 1. The van der Waals surface area contributed by atoms with E-state index in [0.717, 1.165) is 12.0 Å². The summed E-state index contributed by atoms with van der Waals surface area (Å²) in [6, 6.07) is 7.90. The van der Waals surface area contributed by atoms with E-state index in [1.165, 1.54) is 11.6 Å². The molecule has 0 spiro atoms. The van der Waals surface area contributed by atoms with Crippen molar-refractivity contribution in [2.75, 3.05) is 6.61 Å². The molecule has 0 bridgehead atoms. The number of benzene rings is 1. The van der Waals surface area contributed by atoms with E-state index in [1.54, 1.807) is 6.08 Å². The van der Waals surface area contributed by atoms with Gasteiger partial charge < -0.3 is 20.1 Å². The van der Waals surface area contributed by atoms with Crippen LogP contribution in [0.2, 0.25) is 0 Å². The topological polar surface area (TPSA) is 87.0 Å². The first-order valence-corrected chi connectivity index (χ1v) is 7.47. The van der Waals surface area contributed by atoms with Crippen molar-refractivity contribution in [1.29, 1.82) is 0 Å². The highest BCUT2D eigenvalue weighted by Gasteiger charge is 2.37. The average Bonchev–Trinajstić information content (AvgIpc) is 2.54. The molecule has 0 aliphatic carbocycles. The van der Waals surface area contributed by atoms with Crippen molar-refractivity contribution < 1.29 is 24.9 Å². The molecule has 3 N–H and O–H groups in total. The maximum Gasteiger partial charge on any atom is 0.158 e. The Bertz CT molecular complexity index is 522. The molecule has 5 heteroatoms. The zero-order chi connectivity index (χ0) is 16.1. The van der Waals surface area contributed by atoms with Crippen LogP contribution >= 0.6 is 0 Å². The summed E-state index contributed by atoms with van der Waals surface area (Å²) in [6.45, 7) is 1.99. The van der Waals surface area contributed by atoms with Gasteiger partial charge in [-0.1, -0.05) is 37.3 Å². The lowest BCUT2D eigenvalue weighted by Gasteiger charge is -2.34. The Balaban J connectivity index is 1.90. The molecule has 1 aliphatic heterocycles. The fourth-order valence-corrected chi connectivity index (χ4v) is 2.37. The molecule has 120 valence electrons. The van der Waals surface area contributed by atoms with Crippen LogP contribution in [0, 0.1) is 0 Å². The van der Waals surface area contributed by atoms with E-state index < -0.39 is 24.4 Å². The van der Waals surface area contributed by atoms with Crippen molar-refractivity contribution in [2.24, 2.45) is 0 Å². The number of hydrogen-bond donors (Lipinski definition) is 3. The second kappa shape index (κ2) is 7.65. The van der Waals surface area contributed by atoms with Crippen LogP contribution in [-0.2, 0) is 16.0 Å². The highest BCUT2D eigenvalue weighted by Crippen LogP contribution is 2.18. The van der Waals surface area contributed by atoms with E-state index >= 15 is 0 Å². The smallest absolute Gasteiger partial charge is 0.158 e. The maximum absolute atomic E-state index is 11.9. The van der Waals surface area contributed by atoms with Crippen molar-refractivity contribution in [3.63, 3.8) is 0 Å². The lowest BCUT2D eigenvalue weighted by atomic mass is 9.96. The zero-order valence-corrected chi connectivity index (χ0v) is 12.6. The van der Waals surface area contributed by atoms with Crippen molar-refractivity contribution >= 4 is 11.9 Å². The van der Waals surface area contributed by atoms with Gasteiger partial charge in [-0.2, -0.15) is 0 Å². The fraction of sp³-hybridized carbons (Fsp3) is 0.471. The third-order valence-electron chi connectivity index (χ3n) is 3.86. The van der Waals surface area contributed by atoms with E-state index in [4.69, 9.17) is 4.74 Å². The van der Waals surface area contributed by atoms with Gasteiger partial charge in [-0.15, -0.1) is 0 Å². The van der Waals surface area contributed by atoms with Gasteiger partial charge in [0.15, 0.2) is 5.78 Å². The number of carbonyl (C=O) groups is 1. The van der Waals surface area contributed by atoms with Crippen LogP contribution in [0.3, 0.4) is 0 Å². The number of ether oxygens (including phenoxy) is 1. The minimum absolute atomic E-state index is 0.0332. The maximum atomic E-state index is 11.9. The van der Waals surface area contributed by atoms with Crippen LogP contribution in [0.15, 0.2) is 30.3 Å². The Kier molecular flexibility index (Phi) is 5.85. The molecule has 1 saturated heterocycles. The number of allylic oxidation sites excluding steroid dienone is 1. The van der Waals surface area contributed by atoms with Gasteiger partial charge in [-0.3, -0.25) is 4.79 Å². The standard InChI is InChI=1S/C17H22O5/c1-2-11-3-5-12(6-4-11)7-8-13(18)9-15-17(21)16(20)14(19)10-22-15/h3-8,14-17,19-21H,2,9-10H2,1H3/b8-7+/t14-,15+,16+,17+/m1/s1. The Morgan fingerprint density at radius 2 is 1.91 bits per heavy atom. The van der Waals surface area contributed by atoms with Crippen LogP contribution in [-0.4, -0.2) is 52.1 Å². The van der Waals surface area contributed by atoms with Gasteiger partial charge in [0.25, 0.3) is 0 Å². The molecule has 1 aliphatic rings. The van der Waals surface area contributed by atoms with E-state index in [1.807, 2.05) is 24.3 Å². The number of aliphatic hydroxyl groups excluding tert-OH is 3. The van der Waals surface area contributed by atoms with E-state index in [9.17, 15) is 20.1 Å². The predicted molar refractivity (Wildman–Crippen MR) is 82.2 cm³/mol. The molecule has 1 aromatic carbocycles. The third-order valence-corrected chi connectivity index (χ3v) is 3.86. The first-order chi connectivity index (χ1) is 10.5. The average molecular weight is 306 g/mol. The summed E-state index contributed by atoms with van der Waals surface area (Å²) in [5, 5.41) is 28.7. The lowest BCUT2D eigenvalue weighted by Crippen LogP contribution is -2.53. The zero-order valence-electron chi connectivity index (χ0n) is 12.6. The summed E-state index contributed by atoms with van der Waals surface area (Å²) in [6.07, 6.45) is -0.367. The molecule has 1 heterocycles. The fourth-order valence-electron chi connectivity index (χ4n) is 2.37. The first-order valence-electron chi connectivity index (χ1n) is 7.47. The molecule has 0 unspecified atom stereocenters. The lowest BCUT2D eigenvalue weighted by molar-refractivity contribution is -0.188. The van der Waals surface area contributed by atoms with E-state index in [2.05, 4.69) is 6.92 Å². The normalized spacial score (nSPS) is 28.9. The number of aliphatic hydroxyl groups is 3. The summed E-state index contributed by atoms with van der Waals surface area (Å²) in [5.41, 5.74) is 2.15. The van der Waals surface area contributed by atoms with Crippen LogP contribution in [0.5, 0.6) is 0 Å². The second-order valence-electron chi connectivity index (χ2n) is 5.52. The van der Waals surface area contributed by atoms with E-state index in [-0.39, 0.29) is 18.8 Å². The molecule has 0 aromatic heterocycles. The number of carbonyl (C=O) groups excluding carboxylic acids is 1. The number of rotatable bonds is 5. The van der Waals surface area contributed by atoms with Gasteiger partial charge in [-0.05, 0) is 23.6 Å². The Labute approximate surface area is 129 Å². The molecule has 2 rings (SSSR count). The van der Waals surface area contributed by atoms with Crippen molar-refractivity contribution in [3.05, 3.63) is 41.5 Å². The van der Waals surface area contributed by atoms with Gasteiger partial charge in [-0.25, -0.2) is 0 Å². The predicted octanol–water partition coefficient (Wildman–Crippen LogP) is 0.703. The number of aryl methyl sites for hydroxylation is 1. The molecule has 1 aromatic rings. The minimum Gasteiger partial charge on any atom is -0.388 e. The van der Waals surface area contributed by atoms with Crippen LogP contribution in [0.1, 0.15) is 24.5 Å². The Morgan fingerprint density at radius 3 is 2.55 bits per heavy atom. The van der Waals surface area contributed by atoms with E-state index in [0.29, 0.717) is 0 Å². The van der Waals surface area contributed by atoms with Gasteiger partial charge in [0, 0.05) is 6.42 Å². The minimum atomic E-state index is -1.28. The van der Waals surface area contributed by atoms with Crippen LogP contribution < -0.4 is 0 Å². The van der Waals surface area contributed by atoms with Crippen LogP contribution in [0.25, 0.3) is 6.08 Å². The van der Waals surface area contributed by atoms with Gasteiger partial charge in [0.2, 0.25) is 0 Å². The monoisotopic (exact) mass is 306 g/mol. The molecule has 0 amide bonds. The summed E-state index contributed by atoms with van der Waals surface area (Å²) < 4.78 is 5.21. The highest BCUT2D eigenvalue weighted by atomic mass is 16.5. The van der Waals surface area contributed by atoms with Gasteiger partial charge in [0.1, 0.15) is 18.3 Å². The van der Waals surface area contributed by atoms with Crippen molar-refractivity contribution in [1.82, 2.24) is 0 Å². The van der Waals surface area contributed by atoms with Gasteiger partial charge >= 0.3 is 0 Å². The molecule has 22 heavy (non-hydrogen) atoms. The summed E-state index contributed by atoms with van der Waals surface area (Å²) in [7, 11) is 0. The van der Waals surface area contributed by atoms with Gasteiger partial charge in [0.05, 0.1) is 12.7 Å². The molecule has 5 nitrogen and oxygen atoms in total. The second-order valence-corrected chi connectivity index (χ2v) is 5.52. The first kappa shape index (κ1) is 16.8. The SMILES string of the molecule is CCc1ccc(/C=C/C(=O)C[C@@H]2OC[C@@H](O)[C@H](O)[C@H]2O)cc1. The highest BCUT2D eigenvalue weighted by molar-refractivity contribution is 5.93. The number of hydrogen-bond acceptors (Lipinski definition) is 5. The molecule has 0 saturated carbocycles. The molecular weight excluding hydrogens is 284 g/mol. The quantitative estimate of drug-likeness (QED) is 0.697. The summed E-state index contributed by atoms with van der Waals surface area (Å²) >= 11 is 0. The summed E-state index contributed by atoms with van der Waals surface area (Å²) in [5.74, 6) is -0.202. The largest absolute Gasteiger partial charge is 0.388 e. The summed E-state index contributed by atoms with van der Waals surface area (Å²) in [4.78, 5) is 11.9. The van der Waals surface area contributed by atoms with Crippen molar-refractivity contribution in [2.45, 2.75) is 44.2 Å². The Morgan fingerprint density at radius 1 is 1.23 bits per heavy atom. The molecule has 1 fully saturated rings.